The van der Waals surface area contributed by atoms with E-state index in [0.717, 1.165) is 12.3 Å². The van der Waals surface area contributed by atoms with Gasteiger partial charge in [-0.15, -0.1) is 11.3 Å². The normalized spacial score (nSPS) is 11.0. The maximum absolute atomic E-state index is 9.10. The second-order valence-corrected chi connectivity index (χ2v) is 5.60. The van der Waals surface area contributed by atoms with Crippen LogP contribution in [0, 0.1) is 0 Å². The third-order valence-corrected chi connectivity index (χ3v) is 3.84. The molecule has 6 nitrogen and oxygen atoms in total. The molecule has 1 atom stereocenters. The fraction of sp³-hybridized carbons (Fsp3) is 0.250. The van der Waals surface area contributed by atoms with Gasteiger partial charge >= 0.3 is 11.9 Å². The Bertz CT molecular complexity index is 598. The van der Waals surface area contributed by atoms with Gasteiger partial charge in [0.25, 0.3) is 0 Å². The van der Waals surface area contributed by atoms with Crippen molar-refractivity contribution in [3.05, 3.63) is 52.2 Å². The molecular formula is C16H19NO5S. The third kappa shape index (κ3) is 6.94. The zero-order valence-corrected chi connectivity index (χ0v) is 13.7. The zero-order chi connectivity index (χ0) is 17.2. The van der Waals surface area contributed by atoms with Gasteiger partial charge < -0.3 is 20.3 Å². The molecule has 0 fully saturated rings. The number of methoxy groups -OCH3 is 1. The lowest BCUT2D eigenvalue weighted by Gasteiger charge is -2.14. The van der Waals surface area contributed by atoms with Gasteiger partial charge in [0.1, 0.15) is 5.75 Å². The number of benzene rings is 1. The van der Waals surface area contributed by atoms with Crippen LogP contribution >= 0.6 is 11.3 Å². The lowest BCUT2D eigenvalue weighted by Crippen LogP contribution is -2.17. The van der Waals surface area contributed by atoms with Gasteiger partial charge in [-0.25, -0.2) is 9.59 Å². The first-order valence-corrected chi connectivity index (χ1v) is 7.68. The Balaban J connectivity index is 0.000000379. The standard InChI is InChI=1S/C14H17NOS.C2H2O4/c1-11(15-10-14-4-3-9-17-14)12-5-7-13(16-2)8-6-12;3-1(4)2(5)6/h3-9,11,15H,10H2,1-2H3;(H,3,4)(H,5,6). The van der Waals surface area contributed by atoms with Crippen LogP contribution in [0.2, 0.25) is 0 Å². The molecule has 2 aromatic rings. The molecule has 1 aromatic heterocycles. The minimum absolute atomic E-state index is 0.350. The number of hydrogen-bond donors (Lipinski definition) is 3. The predicted molar refractivity (Wildman–Crippen MR) is 87.8 cm³/mol. The summed E-state index contributed by atoms with van der Waals surface area (Å²) in [5.74, 6) is -2.75. The number of hydrogen-bond acceptors (Lipinski definition) is 5. The van der Waals surface area contributed by atoms with Gasteiger partial charge in [-0.3, -0.25) is 0 Å². The van der Waals surface area contributed by atoms with Crippen LogP contribution in [-0.2, 0) is 16.1 Å². The zero-order valence-electron chi connectivity index (χ0n) is 12.9. The van der Waals surface area contributed by atoms with Crippen molar-refractivity contribution in [2.75, 3.05) is 7.11 Å². The maximum Gasteiger partial charge on any atom is 0.414 e. The van der Waals surface area contributed by atoms with Crippen molar-refractivity contribution in [2.45, 2.75) is 19.5 Å². The first kappa shape index (κ1) is 18.7. The van der Waals surface area contributed by atoms with Crippen LogP contribution < -0.4 is 10.1 Å². The SMILES string of the molecule is COc1ccc(C(C)NCc2cccs2)cc1.O=C(O)C(=O)O. The molecule has 3 N–H and O–H groups in total. The number of carbonyl (C=O) groups is 2. The lowest BCUT2D eigenvalue weighted by atomic mass is 10.1. The summed E-state index contributed by atoms with van der Waals surface area (Å²) in [7, 11) is 1.69. The van der Waals surface area contributed by atoms with Crippen LogP contribution in [0.15, 0.2) is 41.8 Å². The Morgan fingerprint density at radius 3 is 2.22 bits per heavy atom. The smallest absolute Gasteiger partial charge is 0.414 e. The van der Waals surface area contributed by atoms with E-state index < -0.39 is 11.9 Å². The summed E-state index contributed by atoms with van der Waals surface area (Å²) >= 11 is 1.78. The molecule has 0 amide bonds. The average Bonchev–Trinajstić information content (AvgIpc) is 3.06. The largest absolute Gasteiger partial charge is 0.497 e. The maximum atomic E-state index is 9.10. The van der Waals surface area contributed by atoms with Gasteiger partial charge in [-0.2, -0.15) is 0 Å². The minimum atomic E-state index is -1.82. The molecule has 0 aliphatic carbocycles. The van der Waals surface area contributed by atoms with Crippen molar-refractivity contribution in [1.29, 1.82) is 0 Å². The predicted octanol–water partition coefficient (Wildman–Crippen LogP) is 2.76. The van der Waals surface area contributed by atoms with E-state index in [1.807, 2.05) is 12.1 Å². The van der Waals surface area contributed by atoms with Crippen molar-refractivity contribution >= 4 is 23.3 Å². The Morgan fingerprint density at radius 1 is 1.17 bits per heavy atom. The Kier molecular flexibility index (Phi) is 7.79. The van der Waals surface area contributed by atoms with E-state index >= 15 is 0 Å². The number of aliphatic carboxylic acids is 2. The number of carboxylic acids is 2. The van der Waals surface area contributed by atoms with E-state index in [4.69, 9.17) is 24.5 Å². The summed E-state index contributed by atoms with van der Waals surface area (Å²) in [6, 6.07) is 12.8. The summed E-state index contributed by atoms with van der Waals surface area (Å²) in [5, 5.41) is 20.4. The summed E-state index contributed by atoms with van der Waals surface area (Å²) in [5.41, 5.74) is 1.28. The number of ether oxygens (including phenoxy) is 1. The molecule has 0 radical (unpaired) electrons. The lowest BCUT2D eigenvalue weighted by molar-refractivity contribution is -0.159. The van der Waals surface area contributed by atoms with Crippen molar-refractivity contribution < 1.29 is 24.5 Å². The molecule has 0 saturated carbocycles. The molecular weight excluding hydrogens is 318 g/mol. The Morgan fingerprint density at radius 2 is 1.78 bits per heavy atom. The number of nitrogens with one attached hydrogen (secondary N) is 1. The first-order valence-electron chi connectivity index (χ1n) is 6.80. The fourth-order valence-corrected chi connectivity index (χ4v) is 2.33. The second-order valence-electron chi connectivity index (χ2n) is 4.57. The van der Waals surface area contributed by atoms with Gasteiger partial charge in [0, 0.05) is 17.5 Å². The number of thiophene rings is 1. The molecule has 0 aliphatic heterocycles. The van der Waals surface area contributed by atoms with Crippen LogP contribution in [0.3, 0.4) is 0 Å². The summed E-state index contributed by atoms with van der Waals surface area (Å²) < 4.78 is 5.15. The van der Waals surface area contributed by atoms with E-state index in [9.17, 15) is 0 Å². The van der Waals surface area contributed by atoms with Crippen molar-refractivity contribution in [1.82, 2.24) is 5.32 Å². The van der Waals surface area contributed by atoms with Gasteiger partial charge in [0.05, 0.1) is 7.11 Å². The van der Waals surface area contributed by atoms with Gasteiger partial charge in [0.15, 0.2) is 0 Å². The molecule has 1 unspecified atom stereocenters. The molecule has 124 valence electrons. The Hall–Kier alpha value is -2.38. The summed E-state index contributed by atoms with van der Waals surface area (Å²) in [6.45, 7) is 3.10. The van der Waals surface area contributed by atoms with Crippen LogP contribution in [0.25, 0.3) is 0 Å². The van der Waals surface area contributed by atoms with E-state index in [-0.39, 0.29) is 0 Å². The summed E-state index contributed by atoms with van der Waals surface area (Å²) in [4.78, 5) is 19.6. The molecule has 7 heteroatoms. The van der Waals surface area contributed by atoms with Crippen molar-refractivity contribution in [2.24, 2.45) is 0 Å². The Labute approximate surface area is 138 Å². The molecule has 0 aliphatic rings. The highest BCUT2D eigenvalue weighted by Crippen LogP contribution is 2.18. The van der Waals surface area contributed by atoms with Crippen LogP contribution in [-0.4, -0.2) is 29.3 Å². The van der Waals surface area contributed by atoms with Crippen LogP contribution in [0.5, 0.6) is 5.75 Å². The van der Waals surface area contributed by atoms with E-state index in [2.05, 4.69) is 41.9 Å². The van der Waals surface area contributed by atoms with Crippen molar-refractivity contribution in [3.63, 3.8) is 0 Å². The number of carboxylic acid groups (broad SMARTS) is 2. The third-order valence-electron chi connectivity index (χ3n) is 2.96. The second kappa shape index (κ2) is 9.60. The monoisotopic (exact) mass is 337 g/mol. The van der Waals surface area contributed by atoms with Gasteiger partial charge in [0.2, 0.25) is 0 Å². The molecule has 0 spiro atoms. The van der Waals surface area contributed by atoms with Crippen molar-refractivity contribution in [3.8, 4) is 5.75 Å². The molecule has 2 rings (SSSR count). The topological polar surface area (TPSA) is 95.9 Å². The van der Waals surface area contributed by atoms with E-state index in [0.29, 0.717) is 6.04 Å². The molecule has 1 heterocycles. The van der Waals surface area contributed by atoms with E-state index in [1.54, 1.807) is 18.4 Å². The highest BCUT2D eigenvalue weighted by molar-refractivity contribution is 7.09. The number of rotatable bonds is 5. The van der Waals surface area contributed by atoms with Crippen LogP contribution in [0.1, 0.15) is 23.4 Å². The minimum Gasteiger partial charge on any atom is -0.497 e. The molecule has 23 heavy (non-hydrogen) atoms. The van der Waals surface area contributed by atoms with Gasteiger partial charge in [-0.05, 0) is 36.1 Å². The van der Waals surface area contributed by atoms with Gasteiger partial charge in [-0.1, -0.05) is 18.2 Å². The van der Waals surface area contributed by atoms with E-state index in [1.165, 1.54) is 10.4 Å². The highest BCUT2D eigenvalue weighted by Gasteiger charge is 2.05. The highest BCUT2D eigenvalue weighted by atomic mass is 32.1. The van der Waals surface area contributed by atoms with Crippen LogP contribution in [0.4, 0.5) is 0 Å². The summed E-state index contributed by atoms with van der Waals surface area (Å²) in [6.07, 6.45) is 0. The first-order chi connectivity index (χ1) is 10.9. The quantitative estimate of drug-likeness (QED) is 0.726. The molecule has 1 aromatic carbocycles. The molecule has 0 bridgehead atoms. The fourth-order valence-electron chi connectivity index (χ4n) is 1.68. The molecule has 0 saturated heterocycles. The average molecular weight is 337 g/mol.